The maximum atomic E-state index is 11.3. The molecule has 0 aromatic heterocycles. The number of halogens is 2. The van der Waals surface area contributed by atoms with Crippen molar-refractivity contribution < 1.29 is 14.3 Å². The maximum absolute atomic E-state index is 11.3. The summed E-state index contributed by atoms with van der Waals surface area (Å²) in [4.78, 5) is 21.9. The Morgan fingerprint density at radius 1 is 1.57 bits per heavy atom. The average molecular weight is 278 g/mol. The van der Waals surface area contributed by atoms with Crippen molar-refractivity contribution >= 4 is 39.8 Å². The van der Waals surface area contributed by atoms with Crippen LogP contribution in [-0.4, -0.2) is 19.4 Å². The molecule has 0 heterocycles. The zero-order chi connectivity index (χ0) is 10.7. The molecule has 3 nitrogen and oxygen atoms in total. The van der Waals surface area contributed by atoms with Gasteiger partial charge < -0.3 is 4.74 Å². The number of carbonyl (C=O) groups is 2. The smallest absolute Gasteiger partial charge is 0.339 e. The molecular weight excluding hydrogens is 271 g/mol. The van der Waals surface area contributed by atoms with Crippen molar-refractivity contribution in [2.24, 2.45) is 0 Å². The minimum atomic E-state index is -0.573. The third kappa shape index (κ3) is 2.13. The van der Waals surface area contributed by atoms with Crippen LogP contribution < -0.4 is 0 Å². The van der Waals surface area contributed by atoms with Crippen LogP contribution in [0.15, 0.2) is 16.6 Å². The lowest BCUT2D eigenvalue weighted by molar-refractivity contribution is 0.0597. The van der Waals surface area contributed by atoms with E-state index in [2.05, 4.69) is 20.7 Å². The van der Waals surface area contributed by atoms with E-state index >= 15 is 0 Å². The molecule has 0 fully saturated rings. The molecule has 1 aromatic carbocycles. The fourth-order valence-corrected chi connectivity index (χ4v) is 2.00. The first-order valence-electron chi connectivity index (χ1n) is 3.62. The number of benzene rings is 1. The van der Waals surface area contributed by atoms with Gasteiger partial charge in [-0.25, -0.2) is 4.79 Å². The molecule has 0 saturated heterocycles. The van der Waals surface area contributed by atoms with E-state index in [1.165, 1.54) is 19.2 Å². The molecule has 0 aliphatic heterocycles. The van der Waals surface area contributed by atoms with Crippen molar-refractivity contribution in [3.05, 3.63) is 32.8 Å². The molecule has 0 radical (unpaired) electrons. The summed E-state index contributed by atoms with van der Waals surface area (Å²) in [5.74, 6) is -0.573. The fourth-order valence-electron chi connectivity index (χ4n) is 1.00. The van der Waals surface area contributed by atoms with Gasteiger partial charge in [0.25, 0.3) is 0 Å². The molecule has 0 aliphatic rings. The minimum absolute atomic E-state index is 0.187. The highest BCUT2D eigenvalue weighted by molar-refractivity contribution is 9.10. The van der Waals surface area contributed by atoms with Crippen LogP contribution >= 0.6 is 27.5 Å². The summed E-state index contributed by atoms with van der Waals surface area (Å²) >= 11 is 8.84. The molecule has 74 valence electrons. The lowest BCUT2D eigenvalue weighted by Gasteiger charge is -2.05. The van der Waals surface area contributed by atoms with Crippen molar-refractivity contribution in [1.29, 1.82) is 0 Å². The van der Waals surface area contributed by atoms with Crippen LogP contribution in [0.3, 0.4) is 0 Å². The number of methoxy groups -OCH3 is 1. The highest BCUT2D eigenvalue weighted by Gasteiger charge is 2.16. The standard InChI is InChI=1S/C9H6BrClO3/c1-14-9(13)8-5(4-12)2-6(11)3-7(8)10/h2-4H,1H3. The second-order valence-electron chi connectivity index (χ2n) is 2.46. The summed E-state index contributed by atoms with van der Waals surface area (Å²) in [7, 11) is 1.25. The molecule has 0 N–H and O–H groups in total. The lowest BCUT2D eigenvalue weighted by atomic mass is 10.1. The summed E-state index contributed by atoms with van der Waals surface area (Å²) in [5.41, 5.74) is 0.392. The van der Waals surface area contributed by atoms with Gasteiger partial charge in [-0.15, -0.1) is 0 Å². The van der Waals surface area contributed by atoms with E-state index in [4.69, 9.17) is 11.6 Å². The van der Waals surface area contributed by atoms with Gasteiger partial charge in [0.2, 0.25) is 0 Å². The van der Waals surface area contributed by atoms with Crippen molar-refractivity contribution in [2.75, 3.05) is 7.11 Å². The SMILES string of the molecule is COC(=O)c1c(Br)cc(Cl)cc1C=O. The second kappa shape index (κ2) is 4.57. The van der Waals surface area contributed by atoms with Crippen LogP contribution in [0.2, 0.25) is 5.02 Å². The normalized spacial score (nSPS) is 9.64. The van der Waals surface area contributed by atoms with Gasteiger partial charge in [-0.2, -0.15) is 0 Å². The zero-order valence-electron chi connectivity index (χ0n) is 7.21. The number of hydrogen-bond donors (Lipinski definition) is 0. The molecule has 14 heavy (non-hydrogen) atoms. The third-order valence-corrected chi connectivity index (χ3v) is 2.45. The summed E-state index contributed by atoms with van der Waals surface area (Å²) in [6, 6.07) is 2.94. The third-order valence-electron chi connectivity index (χ3n) is 1.60. The zero-order valence-corrected chi connectivity index (χ0v) is 9.55. The number of aldehydes is 1. The van der Waals surface area contributed by atoms with Gasteiger partial charge in [0.15, 0.2) is 6.29 Å². The Kier molecular flexibility index (Phi) is 3.66. The van der Waals surface area contributed by atoms with E-state index in [1.54, 1.807) is 0 Å². The molecule has 1 aromatic rings. The van der Waals surface area contributed by atoms with Gasteiger partial charge >= 0.3 is 5.97 Å². The van der Waals surface area contributed by atoms with Crippen molar-refractivity contribution in [2.45, 2.75) is 0 Å². The predicted molar refractivity (Wildman–Crippen MR) is 55.9 cm³/mol. The van der Waals surface area contributed by atoms with Gasteiger partial charge in [-0.05, 0) is 28.1 Å². The van der Waals surface area contributed by atoms with Crippen molar-refractivity contribution in [1.82, 2.24) is 0 Å². The summed E-state index contributed by atoms with van der Waals surface area (Å²) in [5, 5.41) is 0.381. The van der Waals surface area contributed by atoms with E-state index in [0.29, 0.717) is 15.8 Å². The van der Waals surface area contributed by atoms with Gasteiger partial charge in [0, 0.05) is 15.1 Å². The molecule has 1 rings (SSSR count). The number of rotatable bonds is 2. The first kappa shape index (κ1) is 11.2. The quantitative estimate of drug-likeness (QED) is 0.616. The highest BCUT2D eigenvalue weighted by atomic mass is 79.9. The van der Waals surface area contributed by atoms with Gasteiger partial charge in [-0.3, -0.25) is 4.79 Å². The molecule has 5 heteroatoms. The first-order chi connectivity index (χ1) is 6.60. The largest absolute Gasteiger partial charge is 0.465 e. The van der Waals surface area contributed by atoms with Crippen LogP contribution in [0.4, 0.5) is 0 Å². The number of ether oxygens (including phenoxy) is 1. The molecular formula is C9H6BrClO3. The first-order valence-corrected chi connectivity index (χ1v) is 4.79. The monoisotopic (exact) mass is 276 g/mol. The number of carbonyl (C=O) groups excluding carboxylic acids is 2. The topological polar surface area (TPSA) is 43.4 Å². The summed E-state index contributed by atoms with van der Waals surface area (Å²) in [6.45, 7) is 0. The number of esters is 1. The Hall–Kier alpha value is -0.870. The second-order valence-corrected chi connectivity index (χ2v) is 3.75. The molecule has 0 amide bonds. The van der Waals surface area contributed by atoms with Crippen LogP contribution in [-0.2, 0) is 4.74 Å². The Morgan fingerprint density at radius 2 is 2.21 bits per heavy atom. The molecule has 0 bridgehead atoms. The summed E-state index contributed by atoms with van der Waals surface area (Å²) < 4.78 is 4.97. The lowest BCUT2D eigenvalue weighted by Crippen LogP contribution is -2.06. The van der Waals surface area contributed by atoms with Crippen LogP contribution in [0.5, 0.6) is 0 Å². The Balaban J connectivity index is 3.39. The Morgan fingerprint density at radius 3 is 2.71 bits per heavy atom. The van der Waals surface area contributed by atoms with Crippen molar-refractivity contribution in [3.63, 3.8) is 0 Å². The van der Waals surface area contributed by atoms with Crippen LogP contribution in [0, 0.1) is 0 Å². The average Bonchev–Trinajstić information content (AvgIpc) is 2.15. The van der Waals surface area contributed by atoms with E-state index in [9.17, 15) is 9.59 Å². The molecule has 0 unspecified atom stereocenters. The van der Waals surface area contributed by atoms with E-state index < -0.39 is 5.97 Å². The van der Waals surface area contributed by atoms with Gasteiger partial charge in [0.1, 0.15) is 0 Å². The van der Waals surface area contributed by atoms with Gasteiger partial charge in [0.05, 0.1) is 12.7 Å². The van der Waals surface area contributed by atoms with Crippen molar-refractivity contribution in [3.8, 4) is 0 Å². The fraction of sp³-hybridized carbons (Fsp3) is 0.111. The number of hydrogen-bond acceptors (Lipinski definition) is 3. The van der Waals surface area contributed by atoms with E-state index in [-0.39, 0.29) is 11.1 Å². The maximum Gasteiger partial charge on any atom is 0.339 e. The van der Waals surface area contributed by atoms with E-state index in [1.807, 2.05) is 0 Å². The minimum Gasteiger partial charge on any atom is -0.465 e. The molecule has 0 spiro atoms. The highest BCUT2D eigenvalue weighted by Crippen LogP contribution is 2.25. The molecule has 0 aliphatic carbocycles. The van der Waals surface area contributed by atoms with Crippen LogP contribution in [0.25, 0.3) is 0 Å². The van der Waals surface area contributed by atoms with Gasteiger partial charge in [-0.1, -0.05) is 11.6 Å². The molecule has 0 saturated carbocycles. The Bertz CT molecular complexity index is 390. The van der Waals surface area contributed by atoms with E-state index in [0.717, 1.165) is 0 Å². The Labute approximate surface area is 94.1 Å². The molecule has 0 atom stereocenters. The predicted octanol–water partition coefficient (Wildman–Crippen LogP) is 2.70. The van der Waals surface area contributed by atoms with Crippen LogP contribution in [0.1, 0.15) is 20.7 Å². The summed E-state index contributed by atoms with van der Waals surface area (Å²) in [6.07, 6.45) is 0.558.